The summed E-state index contributed by atoms with van der Waals surface area (Å²) in [4.78, 5) is 66.5. The molecule has 0 aliphatic heterocycles. The lowest BCUT2D eigenvalue weighted by molar-refractivity contribution is -0.156. The molecule has 0 spiro atoms. The molecular formula is C48H49N3O9. The fourth-order valence-electron chi connectivity index (χ4n) is 7.51. The van der Waals surface area contributed by atoms with Crippen molar-refractivity contribution in [2.24, 2.45) is 0 Å². The third-order valence-electron chi connectivity index (χ3n) is 10.2. The average Bonchev–Trinajstić information content (AvgIpc) is 3.56. The Balaban J connectivity index is 1.24. The number of rotatable bonds is 15. The minimum atomic E-state index is -1.70. The van der Waals surface area contributed by atoms with Crippen LogP contribution >= 0.6 is 0 Å². The van der Waals surface area contributed by atoms with Crippen molar-refractivity contribution >= 4 is 30.0 Å². The first kappa shape index (κ1) is 42.7. The van der Waals surface area contributed by atoms with E-state index in [-0.39, 0.29) is 25.4 Å². The Hall–Kier alpha value is -6.95. The lowest BCUT2D eigenvalue weighted by Gasteiger charge is -2.37. The first-order valence-electron chi connectivity index (χ1n) is 19.8. The van der Waals surface area contributed by atoms with Crippen LogP contribution in [0.25, 0.3) is 11.1 Å². The fourth-order valence-corrected chi connectivity index (χ4v) is 7.51. The molecule has 12 nitrogen and oxygen atoms in total. The van der Waals surface area contributed by atoms with E-state index in [1.54, 1.807) is 20.8 Å². The van der Waals surface area contributed by atoms with Gasteiger partial charge in [0.25, 0.3) is 0 Å². The molecule has 12 heteroatoms. The summed E-state index contributed by atoms with van der Waals surface area (Å²) in [6.07, 6.45) is -3.93. The van der Waals surface area contributed by atoms with Crippen molar-refractivity contribution in [1.29, 1.82) is 0 Å². The average molecular weight is 812 g/mol. The van der Waals surface area contributed by atoms with Crippen molar-refractivity contribution in [3.63, 3.8) is 0 Å². The number of carbonyl (C=O) groups excluding carboxylic acids is 4. The largest absolute Gasteiger partial charge is 0.480 e. The molecule has 0 radical (unpaired) electrons. The summed E-state index contributed by atoms with van der Waals surface area (Å²) in [5.41, 5.74) is 4.34. The van der Waals surface area contributed by atoms with Gasteiger partial charge in [0.15, 0.2) is 6.04 Å². The number of ether oxygens (including phenoxy) is 3. The van der Waals surface area contributed by atoms with Crippen LogP contribution in [0.15, 0.2) is 140 Å². The van der Waals surface area contributed by atoms with Crippen molar-refractivity contribution in [2.45, 2.75) is 75.8 Å². The van der Waals surface area contributed by atoms with Crippen molar-refractivity contribution in [3.8, 4) is 11.1 Å². The molecule has 1 aliphatic rings. The summed E-state index contributed by atoms with van der Waals surface area (Å²) in [6, 6.07) is 41.0. The van der Waals surface area contributed by atoms with E-state index < -0.39 is 59.4 Å². The second-order valence-corrected chi connectivity index (χ2v) is 15.6. The summed E-state index contributed by atoms with van der Waals surface area (Å²) in [5, 5.41) is 18.0. The number of hydrogen-bond donors (Lipinski definition) is 4. The molecule has 60 heavy (non-hydrogen) atoms. The summed E-state index contributed by atoms with van der Waals surface area (Å²) in [6.45, 7) is 6.09. The van der Waals surface area contributed by atoms with Crippen LogP contribution in [0.3, 0.4) is 0 Å². The highest BCUT2D eigenvalue weighted by Crippen LogP contribution is 2.44. The Morgan fingerprint density at radius 2 is 1.12 bits per heavy atom. The standard InChI is InChI=1S/C48H49N3O9/c1-31(42(43(53)54)50-46(57)60-47(2,3)4)59-44(55)40(49-45(56)58-30-39-37-26-16-14-24-35(37)36-25-15-17-27-38(36)39)28-29-41(52)51-48(32-18-8-5-9-19-32,33-20-10-6-11-21-33)34-22-12-7-13-23-34/h5-27,31,39-40,42H,28-30H2,1-4H3,(H,49,56)(H,50,57)(H,51,52)(H,53,54)/t31-,40+,42+/m1/s1. The molecule has 0 fully saturated rings. The number of benzene rings is 5. The Labute approximate surface area is 349 Å². The van der Waals surface area contributed by atoms with E-state index in [1.165, 1.54) is 6.92 Å². The van der Waals surface area contributed by atoms with Gasteiger partial charge in [-0.3, -0.25) is 4.79 Å². The maximum Gasteiger partial charge on any atom is 0.408 e. The van der Waals surface area contributed by atoms with Crippen LogP contribution in [0.4, 0.5) is 9.59 Å². The number of aliphatic carboxylic acids is 1. The lowest BCUT2D eigenvalue weighted by Crippen LogP contribution is -2.52. The number of carboxylic acid groups (broad SMARTS) is 1. The van der Waals surface area contributed by atoms with Crippen molar-refractivity contribution in [3.05, 3.63) is 167 Å². The Morgan fingerprint density at radius 1 is 0.650 bits per heavy atom. The van der Waals surface area contributed by atoms with Gasteiger partial charge >= 0.3 is 24.1 Å². The van der Waals surface area contributed by atoms with Crippen molar-refractivity contribution < 1.29 is 43.3 Å². The maximum absolute atomic E-state index is 14.2. The Bertz CT molecular complexity index is 2150. The van der Waals surface area contributed by atoms with E-state index >= 15 is 0 Å². The zero-order chi connectivity index (χ0) is 42.9. The number of esters is 1. The van der Waals surface area contributed by atoms with E-state index in [4.69, 9.17) is 14.2 Å². The number of hydrogen-bond acceptors (Lipinski definition) is 8. The monoisotopic (exact) mass is 811 g/mol. The first-order chi connectivity index (χ1) is 28.8. The molecule has 0 bridgehead atoms. The van der Waals surface area contributed by atoms with E-state index in [2.05, 4.69) is 16.0 Å². The van der Waals surface area contributed by atoms with Gasteiger partial charge in [0.1, 0.15) is 29.9 Å². The van der Waals surface area contributed by atoms with Crippen LogP contribution in [0.2, 0.25) is 0 Å². The molecule has 0 saturated carbocycles. The van der Waals surface area contributed by atoms with Crippen LogP contribution in [-0.4, -0.2) is 65.5 Å². The molecule has 310 valence electrons. The van der Waals surface area contributed by atoms with Gasteiger partial charge in [-0.1, -0.05) is 140 Å². The zero-order valence-electron chi connectivity index (χ0n) is 33.9. The number of fused-ring (bicyclic) bond motifs is 3. The van der Waals surface area contributed by atoms with Gasteiger partial charge in [0, 0.05) is 12.3 Å². The quantitative estimate of drug-likeness (QED) is 0.0471. The number of amides is 3. The predicted molar refractivity (Wildman–Crippen MR) is 225 cm³/mol. The minimum Gasteiger partial charge on any atom is -0.480 e. The number of alkyl carbamates (subject to hydrolysis) is 2. The normalized spacial score (nSPS) is 13.7. The molecule has 0 heterocycles. The predicted octanol–water partition coefficient (Wildman–Crippen LogP) is 7.69. The van der Waals surface area contributed by atoms with Gasteiger partial charge in [-0.05, 0) is 73.1 Å². The van der Waals surface area contributed by atoms with Gasteiger partial charge < -0.3 is 35.3 Å². The third-order valence-corrected chi connectivity index (χ3v) is 10.2. The Morgan fingerprint density at radius 3 is 1.58 bits per heavy atom. The van der Waals surface area contributed by atoms with Gasteiger partial charge in [-0.25, -0.2) is 19.2 Å². The number of nitrogens with one attached hydrogen (secondary N) is 3. The summed E-state index contributed by atoms with van der Waals surface area (Å²) in [5.74, 6) is -3.25. The van der Waals surface area contributed by atoms with Crippen LogP contribution in [0, 0.1) is 0 Å². The van der Waals surface area contributed by atoms with Crippen LogP contribution in [-0.2, 0) is 34.1 Å². The SMILES string of the molecule is C[C@@H](OC(=O)[C@H](CCC(=O)NC(c1ccccc1)(c1ccccc1)c1ccccc1)NC(=O)OCC1c2ccccc2-c2ccccc21)[C@H](NC(=O)OC(C)(C)C)C(=O)O. The second-order valence-electron chi connectivity index (χ2n) is 15.6. The molecule has 5 aromatic rings. The molecule has 0 saturated heterocycles. The van der Waals surface area contributed by atoms with E-state index in [0.717, 1.165) is 38.9 Å². The molecule has 6 rings (SSSR count). The van der Waals surface area contributed by atoms with Gasteiger partial charge in [0.05, 0.1) is 0 Å². The highest BCUT2D eigenvalue weighted by molar-refractivity contribution is 5.85. The molecule has 0 aromatic heterocycles. The summed E-state index contributed by atoms with van der Waals surface area (Å²) >= 11 is 0. The number of carbonyl (C=O) groups is 5. The lowest BCUT2D eigenvalue weighted by atomic mass is 9.77. The smallest absolute Gasteiger partial charge is 0.408 e. The van der Waals surface area contributed by atoms with Crippen molar-refractivity contribution in [2.75, 3.05) is 6.61 Å². The topological polar surface area (TPSA) is 169 Å². The fraction of sp³-hybridized carbons (Fsp3) is 0.271. The summed E-state index contributed by atoms with van der Waals surface area (Å²) < 4.78 is 16.5. The van der Waals surface area contributed by atoms with Crippen molar-refractivity contribution in [1.82, 2.24) is 16.0 Å². The van der Waals surface area contributed by atoms with E-state index in [0.29, 0.717) is 0 Å². The molecule has 5 aromatic carbocycles. The maximum atomic E-state index is 14.2. The third kappa shape index (κ3) is 10.0. The first-order valence-corrected chi connectivity index (χ1v) is 19.8. The number of carboxylic acids is 1. The summed E-state index contributed by atoms with van der Waals surface area (Å²) in [7, 11) is 0. The molecule has 3 atom stereocenters. The highest BCUT2D eigenvalue weighted by Gasteiger charge is 2.39. The zero-order valence-corrected chi connectivity index (χ0v) is 33.9. The highest BCUT2D eigenvalue weighted by atomic mass is 16.6. The van der Waals surface area contributed by atoms with Gasteiger partial charge in [-0.15, -0.1) is 0 Å². The van der Waals surface area contributed by atoms with E-state index in [9.17, 15) is 29.1 Å². The second kappa shape index (κ2) is 18.8. The molecule has 0 unspecified atom stereocenters. The molecule has 4 N–H and O–H groups in total. The van der Waals surface area contributed by atoms with Crippen LogP contribution in [0.1, 0.15) is 74.3 Å². The van der Waals surface area contributed by atoms with Crippen LogP contribution in [0.5, 0.6) is 0 Å². The minimum absolute atomic E-state index is 0.0485. The molecule has 3 amide bonds. The molecular weight excluding hydrogens is 763 g/mol. The van der Waals surface area contributed by atoms with Gasteiger partial charge in [-0.2, -0.15) is 0 Å². The van der Waals surface area contributed by atoms with Gasteiger partial charge in [0.2, 0.25) is 5.91 Å². The Kier molecular flexibility index (Phi) is 13.3. The van der Waals surface area contributed by atoms with E-state index in [1.807, 2.05) is 140 Å². The molecule has 1 aliphatic carbocycles. The van der Waals surface area contributed by atoms with Crippen LogP contribution < -0.4 is 16.0 Å².